The van der Waals surface area contributed by atoms with Crippen molar-refractivity contribution in [3.63, 3.8) is 0 Å². The van der Waals surface area contributed by atoms with Gasteiger partial charge in [-0.3, -0.25) is 4.79 Å². The number of aliphatic hydroxyl groups is 2. The van der Waals surface area contributed by atoms with Crippen LogP contribution < -0.4 is 4.90 Å². The summed E-state index contributed by atoms with van der Waals surface area (Å²) in [5.74, 6) is -0.648. The van der Waals surface area contributed by atoms with Gasteiger partial charge in [0.25, 0.3) is 0 Å². The van der Waals surface area contributed by atoms with E-state index in [2.05, 4.69) is 0 Å². The monoisotopic (exact) mass is 311 g/mol. The molecule has 0 fully saturated rings. The van der Waals surface area contributed by atoms with Crippen LogP contribution in [0.2, 0.25) is 5.02 Å². The van der Waals surface area contributed by atoms with Crippen LogP contribution in [0.3, 0.4) is 0 Å². The van der Waals surface area contributed by atoms with Gasteiger partial charge >= 0.3 is 5.97 Å². The molecule has 1 heterocycles. The fraction of sp³-hybridized carbons (Fsp3) is 0.400. The number of fused-ring (bicyclic) bond motifs is 1. The van der Waals surface area contributed by atoms with Gasteiger partial charge in [-0.15, -0.1) is 0 Å². The van der Waals surface area contributed by atoms with Crippen LogP contribution in [-0.4, -0.2) is 35.6 Å². The van der Waals surface area contributed by atoms with Gasteiger partial charge in [0.15, 0.2) is 6.23 Å². The largest absolute Gasteiger partial charge is 0.507 e. The van der Waals surface area contributed by atoms with E-state index in [1.54, 1.807) is 30.0 Å². The van der Waals surface area contributed by atoms with Crippen LogP contribution in [0, 0.1) is 0 Å². The molecule has 1 atom stereocenters. The van der Waals surface area contributed by atoms with Gasteiger partial charge in [0, 0.05) is 12.1 Å². The second-order valence-electron chi connectivity index (χ2n) is 4.65. The van der Waals surface area contributed by atoms with Crippen LogP contribution in [0.5, 0.6) is 0 Å². The zero-order valence-corrected chi connectivity index (χ0v) is 12.7. The van der Waals surface area contributed by atoms with Crippen molar-refractivity contribution >= 4 is 29.0 Å². The average molecular weight is 312 g/mol. The molecule has 6 heteroatoms. The van der Waals surface area contributed by atoms with Crippen LogP contribution >= 0.6 is 11.6 Å². The second kappa shape index (κ2) is 6.37. The normalized spacial score (nSPS) is 17.7. The van der Waals surface area contributed by atoms with Gasteiger partial charge in [-0.1, -0.05) is 17.7 Å². The van der Waals surface area contributed by atoms with Gasteiger partial charge in [-0.2, -0.15) is 0 Å². The predicted octanol–water partition coefficient (Wildman–Crippen LogP) is 2.72. The first-order chi connectivity index (χ1) is 10.0. The van der Waals surface area contributed by atoms with Gasteiger partial charge in [0.05, 0.1) is 29.3 Å². The van der Waals surface area contributed by atoms with Crippen molar-refractivity contribution in [1.29, 1.82) is 0 Å². The Morgan fingerprint density at radius 3 is 2.76 bits per heavy atom. The Morgan fingerprint density at radius 2 is 2.14 bits per heavy atom. The molecular weight excluding hydrogens is 294 g/mol. The molecule has 0 amide bonds. The number of carbonyl (C=O) groups excluding carboxylic acids is 1. The molecule has 21 heavy (non-hydrogen) atoms. The lowest BCUT2D eigenvalue weighted by atomic mass is 9.96. The summed E-state index contributed by atoms with van der Waals surface area (Å²) in [4.78, 5) is 13.3. The molecule has 5 nitrogen and oxygen atoms in total. The third-order valence-corrected chi connectivity index (χ3v) is 3.74. The number of hydrogen-bond donors (Lipinski definition) is 2. The first-order valence-corrected chi connectivity index (χ1v) is 7.20. The van der Waals surface area contributed by atoms with Gasteiger partial charge in [0.1, 0.15) is 5.76 Å². The third-order valence-electron chi connectivity index (χ3n) is 3.43. The van der Waals surface area contributed by atoms with Crippen molar-refractivity contribution in [1.82, 2.24) is 0 Å². The summed E-state index contributed by atoms with van der Waals surface area (Å²) >= 11 is 6.15. The lowest BCUT2D eigenvalue weighted by molar-refractivity contribution is -0.142. The molecule has 0 saturated heterocycles. The molecule has 0 aromatic heterocycles. The molecule has 0 aliphatic carbocycles. The number of carbonyl (C=O) groups is 1. The number of benzene rings is 1. The van der Waals surface area contributed by atoms with E-state index in [4.69, 9.17) is 16.3 Å². The van der Waals surface area contributed by atoms with Crippen molar-refractivity contribution in [3.8, 4) is 0 Å². The average Bonchev–Trinajstić information content (AvgIpc) is 2.44. The third kappa shape index (κ3) is 2.84. The number of nitrogens with zero attached hydrogens (tertiary/aromatic N) is 1. The minimum absolute atomic E-state index is 0.152. The molecule has 114 valence electrons. The van der Waals surface area contributed by atoms with Crippen molar-refractivity contribution in [3.05, 3.63) is 34.4 Å². The Labute approximate surface area is 128 Å². The van der Waals surface area contributed by atoms with Crippen LogP contribution in [0.1, 0.15) is 25.8 Å². The number of ether oxygens (including phenoxy) is 1. The van der Waals surface area contributed by atoms with Crippen LogP contribution in [-0.2, 0) is 9.53 Å². The Bertz CT molecular complexity index is 585. The lowest BCUT2D eigenvalue weighted by Crippen LogP contribution is -2.40. The molecule has 0 radical (unpaired) electrons. The Balaban J connectivity index is 2.50. The maximum Gasteiger partial charge on any atom is 0.310 e. The van der Waals surface area contributed by atoms with Crippen molar-refractivity contribution in [2.45, 2.75) is 26.5 Å². The van der Waals surface area contributed by atoms with E-state index in [-0.39, 0.29) is 24.4 Å². The zero-order chi connectivity index (χ0) is 15.6. The molecule has 2 rings (SSSR count). The van der Waals surface area contributed by atoms with Crippen molar-refractivity contribution in [2.75, 3.05) is 18.1 Å². The molecule has 0 saturated carbocycles. The molecular formula is C15H18ClNO4. The van der Waals surface area contributed by atoms with Crippen molar-refractivity contribution in [2.24, 2.45) is 0 Å². The lowest BCUT2D eigenvalue weighted by Gasteiger charge is -2.36. The van der Waals surface area contributed by atoms with E-state index in [1.807, 2.05) is 6.92 Å². The molecule has 1 aromatic rings. The minimum Gasteiger partial charge on any atom is -0.507 e. The minimum atomic E-state index is -1.08. The summed E-state index contributed by atoms with van der Waals surface area (Å²) in [6, 6.07) is 5.18. The number of halogens is 1. The summed E-state index contributed by atoms with van der Waals surface area (Å²) in [5.41, 5.74) is 1.28. The van der Waals surface area contributed by atoms with E-state index in [9.17, 15) is 15.0 Å². The van der Waals surface area contributed by atoms with E-state index in [0.717, 1.165) is 0 Å². The van der Waals surface area contributed by atoms with Crippen LogP contribution in [0.15, 0.2) is 23.8 Å². The summed E-state index contributed by atoms with van der Waals surface area (Å²) in [6.45, 7) is 4.33. The fourth-order valence-electron chi connectivity index (χ4n) is 2.48. The van der Waals surface area contributed by atoms with E-state index in [1.165, 1.54) is 0 Å². The SMILES string of the molecule is CCOC(=O)CC1=C(O)c2c(Cl)cccc2N(CC)C1O. The molecule has 0 spiro atoms. The number of anilines is 1. The summed E-state index contributed by atoms with van der Waals surface area (Å²) in [6.07, 6.45) is -1.26. The molecule has 2 N–H and O–H groups in total. The smallest absolute Gasteiger partial charge is 0.310 e. The maximum absolute atomic E-state index is 11.7. The quantitative estimate of drug-likeness (QED) is 0.837. The van der Waals surface area contributed by atoms with Gasteiger partial charge in [0.2, 0.25) is 0 Å². The topological polar surface area (TPSA) is 70.0 Å². The highest BCUT2D eigenvalue weighted by atomic mass is 35.5. The zero-order valence-electron chi connectivity index (χ0n) is 12.0. The first kappa shape index (κ1) is 15.7. The van der Waals surface area contributed by atoms with Crippen LogP contribution in [0.25, 0.3) is 5.76 Å². The first-order valence-electron chi connectivity index (χ1n) is 6.82. The predicted molar refractivity (Wildman–Crippen MR) is 81.3 cm³/mol. The number of rotatable bonds is 4. The van der Waals surface area contributed by atoms with E-state index >= 15 is 0 Å². The number of aliphatic hydroxyl groups excluding tert-OH is 2. The summed E-state index contributed by atoms with van der Waals surface area (Å²) in [5, 5.41) is 21.2. The number of likely N-dealkylation sites (N-methyl/N-ethyl adjacent to an activating group) is 1. The van der Waals surface area contributed by atoms with Gasteiger partial charge in [-0.25, -0.2) is 0 Å². The Kier molecular flexibility index (Phi) is 4.75. The maximum atomic E-state index is 11.7. The molecule has 1 aromatic carbocycles. The number of hydrogen-bond acceptors (Lipinski definition) is 5. The summed E-state index contributed by atoms with van der Waals surface area (Å²) in [7, 11) is 0. The number of esters is 1. The summed E-state index contributed by atoms with van der Waals surface area (Å²) < 4.78 is 4.88. The van der Waals surface area contributed by atoms with Gasteiger partial charge in [-0.05, 0) is 26.0 Å². The standard InChI is InChI=1S/C15H18ClNO4/c1-3-17-11-7-5-6-10(16)13(11)14(19)9(15(17)20)8-12(18)21-4-2/h5-7,15,19-20H,3-4,8H2,1-2H3. The van der Waals surface area contributed by atoms with E-state index < -0.39 is 12.2 Å². The molecule has 1 unspecified atom stereocenters. The second-order valence-corrected chi connectivity index (χ2v) is 5.06. The highest BCUT2D eigenvalue weighted by Gasteiger charge is 2.33. The Morgan fingerprint density at radius 1 is 1.43 bits per heavy atom. The molecule has 1 aliphatic heterocycles. The van der Waals surface area contributed by atoms with E-state index in [0.29, 0.717) is 22.8 Å². The highest BCUT2D eigenvalue weighted by Crippen LogP contribution is 2.40. The molecule has 1 aliphatic rings. The van der Waals surface area contributed by atoms with Crippen molar-refractivity contribution < 1.29 is 19.7 Å². The molecule has 0 bridgehead atoms. The highest BCUT2D eigenvalue weighted by molar-refractivity contribution is 6.33. The fourth-order valence-corrected chi connectivity index (χ4v) is 2.73. The van der Waals surface area contributed by atoms with Crippen LogP contribution in [0.4, 0.5) is 5.69 Å². The Hall–Kier alpha value is -1.72. The van der Waals surface area contributed by atoms with Gasteiger partial charge < -0.3 is 19.8 Å².